The van der Waals surface area contributed by atoms with Gasteiger partial charge in [-0.25, -0.2) is 23.1 Å². The number of alkyl halides is 1. The summed E-state index contributed by atoms with van der Waals surface area (Å²) >= 11 is 0. The summed E-state index contributed by atoms with van der Waals surface area (Å²) in [6.07, 6.45) is 14.0. The summed E-state index contributed by atoms with van der Waals surface area (Å²) in [6.45, 7) is 3.75. The lowest BCUT2D eigenvalue weighted by Gasteiger charge is -2.09. The van der Waals surface area contributed by atoms with E-state index in [1.165, 1.54) is 25.7 Å². The number of halogens is 3. The van der Waals surface area contributed by atoms with Crippen molar-refractivity contribution in [2.24, 2.45) is 0 Å². The third-order valence-corrected chi connectivity index (χ3v) is 5.48. The Morgan fingerprint density at radius 1 is 0.800 bits per heavy atom. The molecule has 166 valence electrons. The number of hydrogen-bond donors (Lipinski definition) is 0. The SMILES string of the molecule is CCCCCCCCCc1ccc(-c2ncc(CCCCC(C)F)cn2)c(F)c1F. The van der Waals surface area contributed by atoms with Crippen molar-refractivity contribution in [1.82, 2.24) is 9.97 Å². The molecule has 1 atom stereocenters. The van der Waals surface area contributed by atoms with E-state index in [-0.39, 0.29) is 11.4 Å². The van der Waals surface area contributed by atoms with Gasteiger partial charge in [-0.05, 0) is 56.2 Å². The van der Waals surface area contributed by atoms with Gasteiger partial charge in [-0.3, -0.25) is 0 Å². The largest absolute Gasteiger partial charge is 0.248 e. The zero-order valence-electron chi connectivity index (χ0n) is 18.4. The van der Waals surface area contributed by atoms with Crippen LogP contribution in [-0.2, 0) is 12.8 Å². The fourth-order valence-corrected chi connectivity index (χ4v) is 3.61. The maximum atomic E-state index is 14.6. The van der Waals surface area contributed by atoms with E-state index in [0.717, 1.165) is 44.1 Å². The molecule has 2 nitrogen and oxygen atoms in total. The van der Waals surface area contributed by atoms with Gasteiger partial charge in [0.05, 0.1) is 11.7 Å². The van der Waals surface area contributed by atoms with Crippen LogP contribution >= 0.6 is 0 Å². The van der Waals surface area contributed by atoms with E-state index in [1.54, 1.807) is 31.5 Å². The molecule has 0 N–H and O–H groups in total. The molecule has 0 radical (unpaired) electrons. The summed E-state index contributed by atoms with van der Waals surface area (Å²) in [4.78, 5) is 8.43. The fourth-order valence-electron chi connectivity index (χ4n) is 3.61. The summed E-state index contributed by atoms with van der Waals surface area (Å²) in [5.74, 6) is -1.47. The van der Waals surface area contributed by atoms with Gasteiger partial charge < -0.3 is 0 Å². The number of aryl methyl sites for hydroxylation is 2. The van der Waals surface area contributed by atoms with E-state index in [9.17, 15) is 13.2 Å². The lowest BCUT2D eigenvalue weighted by Crippen LogP contribution is -2.01. The molecule has 0 amide bonds. The van der Waals surface area contributed by atoms with E-state index >= 15 is 0 Å². The van der Waals surface area contributed by atoms with Gasteiger partial charge in [-0.15, -0.1) is 0 Å². The first kappa shape index (κ1) is 24.4. The van der Waals surface area contributed by atoms with Crippen molar-refractivity contribution in [3.8, 4) is 11.4 Å². The van der Waals surface area contributed by atoms with Gasteiger partial charge in [0.2, 0.25) is 0 Å². The fraction of sp³-hybridized carbons (Fsp3) is 0.600. The highest BCUT2D eigenvalue weighted by molar-refractivity contribution is 5.56. The van der Waals surface area contributed by atoms with Crippen molar-refractivity contribution >= 4 is 0 Å². The van der Waals surface area contributed by atoms with Crippen LogP contribution in [0, 0.1) is 11.6 Å². The van der Waals surface area contributed by atoms with Gasteiger partial charge >= 0.3 is 0 Å². The molecule has 30 heavy (non-hydrogen) atoms. The van der Waals surface area contributed by atoms with E-state index in [0.29, 0.717) is 18.4 Å². The molecule has 0 aliphatic carbocycles. The lowest BCUT2D eigenvalue weighted by atomic mass is 10.0. The normalized spacial score (nSPS) is 12.3. The van der Waals surface area contributed by atoms with Crippen molar-refractivity contribution in [2.45, 2.75) is 97.1 Å². The van der Waals surface area contributed by atoms with Crippen LogP contribution in [0.15, 0.2) is 24.5 Å². The second kappa shape index (κ2) is 13.4. The second-order valence-electron chi connectivity index (χ2n) is 8.21. The number of benzene rings is 1. The first-order valence-electron chi connectivity index (χ1n) is 11.4. The van der Waals surface area contributed by atoms with Gasteiger partial charge in [0.1, 0.15) is 0 Å². The van der Waals surface area contributed by atoms with Crippen molar-refractivity contribution in [3.63, 3.8) is 0 Å². The van der Waals surface area contributed by atoms with Crippen molar-refractivity contribution < 1.29 is 13.2 Å². The first-order chi connectivity index (χ1) is 14.5. The lowest BCUT2D eigenvalue weighted by molar-refractivity contribution is 0.331. The molecule has 0 spiro atoms. The molecule has 0 saturated heterocycles. The van der Waals surface area contributed by atoms with Gasteiger partial charge in [0, 0.05) is 12.4 Å². The Kier molecular flexibility index (Phi) is 10.9. The van der Waals surface area contributed by atoms with Crippen LogP contribution in [0.3, 0.4) is 0 Å². The average Bonchev–Trinajstić information content (AvgIpc) is 2.74. The molecular weight excluding hydrogens is 385 g/mol. The monoisotopic (exact) mass is 420 g/mol. The molecule has 0 fully saturated rings. The maximum absolute atomic E-state index is 14.6. The molecule has 5 heteroatoms. The molecule has 2 rings (SSSR count). The molecule has 1 aromatic carbocycles. The van der Waals surface area contributed by atoms with Crippen LogP contribution in [0.4, 0.5) is 13.2 Å². The minimum absolute atomic E-state index is 0.0913. The van der Waals surface area contributed by atoms with Crippen LogP contribution in [0.5, 0.6) is 0 Å². The van der Waals surface area contributed by atoms with Gasteiger partial charge in [-0.2, -0.15) is 0 Å². The zero-order valence-corrected chi connectivity index (χ0v) is 18.4. The molecular formula is C25H35F3N2. The molecule has 0 aliphatic rings. The Bertz CT molecular complexity index is 745. The Balaban J connectivity index is 1.88. The topological polar surface area (TPSA) is 25.8 Å². The predicted octanol–water partition coefficient (Wildman–Crippen LogP) is 7.79. The molecule has 1 aromatic heterocycles. The zero-order chi connectivity index (χ0) is 21.8. The standard InChI is InChI=1S/C25H35F3N2/c1-3-4-5-6-7-8-9-14-21-15-16-22(24(28)23(21)27)25-29-17-20(18-30-25)13-11-10-12-19(2)26/h15-19H,3-14H2,1-2H3. The van der Waals surface area contributed by atoms with Gasteiger partial charge in [-0.1, -0.05) is 57.9 Å². The van der Waals surface area contributed by atoms with E-state index in [4.69, 9.17) is 0 Å². The maximum Gasteiger partial charge on any atom is 0.170 e. The molecule has 0 bridgehead atoms. The summed E-state index contributed by atoms with van der Waals surface area (Å²) in [5, 5.41) is 0. The molecule has 0 aliphatic heterocycles. The Hall–Kier alpha value is -1.91. The van der Waals surface area contributed by atoms with Crippen LogP contribution in [0.2, 0.25) is 0 Å². The van der Waals surface area contributed by atoms with Crippen LogP contribution in [0.1, 0.15) is 89.2 Å². The highest BCUT2D eigenvalue weighted by Gasteiger charge is 2.16. The second-order valence-corrected chi connectivity index (χ2v) is 8.21. The smallest absolute Gasteiger partial charge is 0.170 e. The highest BCUT2D eigenvalue weighted by atomic mass is 19.2. The minimum atomic E-state index is -0.875. The Morgan fingerprint density at radius 3 is 2.10 bits per heavy atom. The van der Waals surface area contributed by atoms with E-state index in [2.05, 4.69) is 16.9 Å². The van der Waals surface area contributed by atoms with Crippen molar-refractivity contribution in [3.05, 3.63) is 47.3 Å². The number of unbranched alkanes of at least 4 members (excludes halogenated alkanes) is 7. The van der Waals surface area contributed by atoms with Crippen LogP contribution < -0.4 is 0 Å². The molecule has 0 saturated carbocycles. The summed E-state index contributed by atoms with van der Waals surface area (Å²) in [6, 6.07) is 3.23. The van der Waals surface area contributed by atoms with E-state index in [1.807, 2.05) is 0 Å². The quantitative estimate of drug-likeness (QED) is 0.292. The average molecular weight is 421 g/mol. The number of aromatic nitrogens is 2. The minimum Gasteiger partial charge on any atom is -0.248 e. The summed E-state index contributed by atoms with van der Waals surface area (Å²) < 4.78 is 41.9. The number of rotatable bonds is 14. The predicted molar refractivity (Wildman–Crippen MR) is 117 cm³/mol. The van der Waals surface area contributed by atoms with E-state index < -0.39 is 17.8 Å². The summed E-state index contributed by atoms with van der Waals surface area (Å²) in [7, 11) is 0. The number of hydrogen-bond acceptors (Lipinski definition) is 2. The number of nitrogens with zero attached hydrogens (tertiary/aromatic N) is 2. The van der Waals surface area contributed by atoms with Crippen LogP contribution in [0.25, 0.3) is 11.4 Å². The van der Waals surface area contributed by atoms with Crippen LogP contribution in [-0.4, -0.2) is 16.1 Å². The first-order valence-corrected chi connectivity index (χ1v) is 11.4. The van der Waals surface area contributed by atoms with Gasteiger partial charge in [0.25, 0.3) is 0 Å². The molecule has 2 aromatic rings. The third-order valence-electron chi connectivity index (χ3n) is 5.48. The van der Waals surface area contributed by atoms with Gasteiger partial charge in [0.15, 0.2) is 17.5 Å². The van der Waals surface area contributed by atoms with Crippen molar-refractivity contribution in [2.75, 3.05) is 0 Å². The third kappa shape index (κ3) is 8.08. The Morgan fingerprint density at radius 2 is 1.43 bits per heavy atom. The molecule has 1 heterocycles. The highest BCUT2D eigenvalue weighted by Crippen LogP contribution is 2.25. The molecule has 1 unspecified atom stereocenters. The van der Waals surface area contributed by atoms with Crippen molar-refractivity contribution in [1.29, 1.82) is 0 Å². The Labute approximate surface area is 179 Å². The summed E-state index contributed by atoms with van der Waals surface area (Å²) in [5.41, 5.74) is 1.43.